The third-order valence-electron chi connectivity index (χ3n) is 3.37. The van der Waals surface area contributed by atoms with Crippen LogP contribution in [0.4, 0.5) is 0 Å². The number of amides is 1. The molecular weight excluding hydrogens is 256 g/mol. The molecule has 5 heteroatoms. The van der Waals surface area contributed by atoms with E-state index in [1.54, 1.807) is 7.05 Å². The normalized spacial score (nSPS) is 10.7. The summed E-state index contributed by atoms with van der Waals surface area (Å²) in [6.45, 7) is 0.252. The first-order valence-corrected chi connectivity index (χ1v) is 6.58. The van der Waals surface area contributed by atoms with E-state index in [1.165, 1.54) is 4.90 Å². The summed E-state index contributed by atoms with van der Waals surface area (Å²) >= 11 is 0. The highest BCUT2D eigenvalue weighted by molar-refractivity contribution is 5.84. The fourth-order valence-corrected chi connectivity index (χ4v) is 2.16. The molecule has 0 unspecified atom stereocenters. The van der Waals surface area contributed by atoms with Crippen molar-refractivity contribution in [3.8, 4) is 0 Å². The second-order valence-electron chi connectivity index (χ2n) is 4.82. The van der Waals surface area contributed by atoms with Gasteiger partial charge in [0, 0.05) is 37.1 Å². The fraction of sp³-hybridized carbons (Fsp3) is 0.333. The van der Waals surface area contributed by atoms with E-state index in [2.05, 4.69) is 4.98 Å². The Morgan fingerprint density at radius 2 is 2.00 bits per heavy atom. The zero-order valence-corrected chi connectivity index (χ0v) is 11.4. The van der Waals surface area contributed by atoms with Gasteiger partial charge in [0.1, 0.15) is 0 Å². The van der Waals surface area contributed by atoms with Crippen molar-refractivity contribution < 1.29 is 14.7 Å². The molecule has 0 spiro atoms. The number of carbonyl (C=O) groups excluding carboxylic acids is 1. The van der Waals surface area contributed by atoms with E-state index in [1.807, 2.05) is 30.5 Å². The summed E-state index contributed by atoms with van der Waals surface area (Å²) in [7, 11) is 1.64. The highest BCUT2D eigenvalue weighted by Gasteiger charge is 2.11. The second-order valence-corrected chi connectivity index (χ2v) is 4.82. The molecule has 20 heavy (non-hydrogen) atoms. The van der Waals surface area contributed by atoms with E-state index >= 15 is 0 Å². The Kier molecular flexibility index (Phi) is 4.40. The van der Waals surface area contributed by atoms with E-state index in [9.17, 15) is 9.59 Å². The summed E-state index contributed by atoms with van der Waals surface area (Å²) in [6.07, 6.45) is 2.95. The van der Waals surface area contributed by atoms with Gasteiger partial charge in [0.2, 0.25) is 5.91 Å². The van der Waals surface area contributed by atoms with Crippen LogP contribution in [0.15, 0.2) is 30.5 Å². The number of para-hydroxylation sites is 1. The molecule has 1 amide bonds. The number of nitrogens with one attached hydrogen (secondary N) is 1. The monoisotopic (exact) mass is 274 g/mol. The standard InChI is InChI=1S/C15H18N2O3/c1-17(9-8-15(19)20)14(18)7-6-11-10-16-13-5-3-2-4-12(11)13/h2-5,10,16H,6-9H2,1H3,(H,19,20). The van der Waals surface area contributed by atoms with Crippen molar-refractivity contribution in [3.05, 3.63) is 36.0 Å². The number of H-pyrrole nitrogens is 1. The minimum atomic E-state index is -0.888. The average molecular weight is 274 g/mol. The van der Waals surface area contributed by atoms with Gasteiger partial charge in [0.05, 0.1) is 6.42 Å². The van der Waals surface area contributed by atoms with Crippen LogP contribution in [0.3, 0.4) is 0 Å². The molecule has 0 saturated heterocycles. The van der Waals surface area contributed by atoms with Crippen molar-refractivity contribution in [1.82, 2.24) is 9.88 Å². The van der Waals surface area contributed by atoms with E-state index in [4.69, 9.17) is 5.11 Å². The molecular formula is C15H18N2O3. The van der Waals surface area contributed by atoms with Gasteiger partial charge >= 0.3 is 5.97 Å². The van der Waals surface area contributed by atoms with Crippen LogP contribution in [-0.4, -0.2) is 40.5 Å². The molecule has 0 aliphatic rings. The molecule has 0 atom stereocenters. The number of rotatable bonds is 6. The van der Waals surface area contributed by atoms with Gasteiger partial charge < -0.3 is 15.0 Å². The average Bonchev–Trinajstić information content (AvgIpc) is 2.85. The summed E-state index contributed by atoms with van der Waals surface area (Å²) in [5.41, 5.74) is 2.18. The van der Waals surface area contributed by atoms with Gasteiger partial charge in [-0.2, -0.15) is 0 Å². The Morgan fingerprint density at radius 3 is 2.75 bits per heavy atom. The van der Waals surface area contributed by atoms with Gasteiger partial charge in [-0.15, -0.1) is 0 Å². The molecule has 0 bridgehead atoms. The van der Waals surface area contributed by atoms with Crippen molar-refractivity contribution in [2.24, 2.45) is 0 Å². The number of benzene rings is 1. The molecule has 1 heterocycles. The lowest BCUT2D eigenvalue weighted by Gasteiger charge is -2.15. The van der Waals surface area contributed by atoms with E-state index in [0.717, 1.165) is 16.5 Å². The molecule has 0 radical (unpaired) electrons. The van der Waals surface area contributed by atoms with Crippen LogP contribution in [0.1, 0.15) is 18.4 Å². The summed E-state index contributed by atoms with van der Waals surface area (Å²) in [5.74, 6) is -0.919. The van der Waals surface area contributed by atoms with Gasteiger partial charge in [-0.25, -0.2) is 0 Å². The SMILES string of the molecule is CN(CCC(=O)O)C(=O)CCc1c[nH]c2ccccc12. The molecule has 2 rings (SSSR count). The van der Waals surface area contributed by atoms with Crippen LogP contribution in [-0.2, 0) is 16.0 Å². The Hall–Kier alpha value is -2.30. The van der Waals surface area contributed by atoms with Gasteiger partial charge in [0.25, 0.3) is 0 Å². The van der Waals surface area contributed by atoms with Crippen LogP contribution < -0.4 is 0 Å². The number of hydrogen-bond acceptors (Lipinski definition) is 2. The molecule has 5 nitrogen and oxygen atoms in total. The molecule has 1 aromatic carbocycles. The Labute approximate surface area is 117 Å². The molecule has 106 valence electrons. The number of aliphatic carboxylic acids is 1. The zero-order valence-electron chi connectivity index (χ0n) is 11.4. The highest BCUT2D eigenvalue weighted by Crippen LogP contribution is 2.19. The lowest BCUT2D eigenvalue weighted by atomic mass is 10.1. The third-order valence-corrected chi connectivity index (χ3v) is 3.37. The maximum absolute atomic E-state index is 11.9. The molecule has 0 aliphatic heterocycles. The van der Waals surface area contributed by atoms with Crippen molar-refractivity contribution in [2.75, 3.05) is 13.6 Å². The van der Waals surface area contributed by atoms with Gasteiger partial charge in [0.15, 0.2) is 0 Å². The van der Waals surface area contributed by atoms with Crippen molar-refractivity contribution >= 4 is 22.8 Å². The van der Waals surface area contributed by atoms with Crippen LogP contribution in [0.2, 0.25) is 0 Å². The number of aromatic nitrogens is 1. The van der Waals surface area contributed by atoms with Gasteiger partial charge in [-0.3, -0.25) is 9.59 Å². The van der Waals surface area contributed by atoms with Gasteiger partial charge in [-0.05, 0) is 18.1 Å². The third kappa shape index (κ3) is 3.38. The highest BCUT2D eigenvalue weighted by atomic mass is 16.4. The number of carboxylic acids is 1. The molecule has 0 fully saturated rings. The topological polar surface area (TPSA) is 73.4 Å². The first-order chi connectivity index (χ1) is 9.58. The first-order valence-electron chi connectivity index (χ1n) is 6.58. The number of carbonyl (C=O) groups is 2. The summed E-state index contributed by atoms with van der Waals surface area (Å²) < 4.78 is 0. The number of fused-ring (bicyclic) bond motifs is 1. The predicted octanol–water partition coefficient (Wildman–Crippen LogP) is 2.03. The van der Waals surface area contributed by atoms with Crippen molar-refractivity contribution in [2.45, 2.75) is 19.3 Å². The van der Waals surface area contributed by atoms with Crippen LogP contribution >= 0.6 is 0 Å². The lowest BCUT2D eigenvalue weighted by Crippen LogP contribution is -2.29. The number of hydrogen-bond donors (Lipinski definition) is 2. The van der Waals surface area contributed by atoms with E-state index in [-0.39, 0.29) is 18.9 Å². The predicted molar refractivity (Wildman–Crippen MR) is 76.5 cm³/mol. The maximum atomic E-state index is 11.9. The Bertz CT molecular complexity index is 618. The smallest absolute Gasteiger partial charge is 0.305 e. The van der Waals surface area contributed by atoms with Crippen LogP contribution in [0.25, 0.3) is 10.9 Å². The molecule has 1 aromatic heterocycles. The second kappa shape index (κ2) is 6.23. The molecule has 2 N–H and O–H groups in total. The van der Waals surface area contributed by atoms with E-state index < -0.39 is 5.97 Å². The lowest BCUT2D eigenvalue weighted by molar-refractivity contribution is -0.138. The van der Waals surface area contributed by atoms with Gasteiger partial charge in [-0.1, -0.05) is 18.2 Å². The van der Waals surface area contributed by atoms with Crippen LogP contribution in [0.5, 0.6) is 0 Å². The number of aromatic amines is 1. The number of aryl methyl sites for hydroxylation is 1. The molecule has 0 saturated carbocycles. The fourth-order valence-electron chi connectivity index (χ4n) is 2.16. The Morgan fingerprint density at radius 1 is 1.25 bits per heavy atom. The minimum Gasteiger partial charge on any atom is -0.481 e. The number of carboxylic acid groups (broad SMARTS) is 1. The molecule has 0 aliphatic carbocycles. The summed E-state index contributed by atoms with van der Waals surface area (Å²) in [6, 6.07) is 7.97. The Balaban J connectivity index is 1.91. The van der Waals surface area contributed by atoms with Crippen LogP contribution in [0, 0.1) is 0 Å². The summed E-state index contributed by atoms with van der Waals surface area (Å²) in [4.78, 5) is 27.0. The zero-order chi connectivity index (χ0) is 14.5. The summed E-state index contributed by atoms with van der Waals surface area (Å²) in [5, 5.41) is 9.73. The minimum absolute atomic E-state index is 0.0185. The maximum Gasteiger partial charge on any atom is 0.305 e. The van der Waals surface area contributed by atoms with Crippen molar-refractivity contribution in [3.63, 3.8) is 0 Å². The van der Waals surface area contributed by atoms with E-state index in [0.29, 0.717) is 12.8 Å². The number of nitrogens with zero attached hydrogens (tertiary/aromatic N) is 1. The quantitative estimate of drug-likeness (QED) is 0.846. The largest absolute Gasteiger partial charge is 0.481 e. The van der Waals surface area contributed by atoms with Crippen molar-refractivity contribution in [1.29, 1.82) is 0 Å². The first kappa shape index (κ1) is 14.1. The molecule has 2 aromatic rings.